The van der Waals surface area contributed by atoms with Crippen LogP contribution in [0.2, 0.25) is 0 Å². The molecule has 0 unspecified atom stereocenters. The van der Waals surface area contributed by atoms with Gasteiger partial charge in [-0.2, -0.15) is 17.9 Å². The monoisotopic (exact) mass is 506 g/mol. The van der Waals surface area contributed by atoms with Crippen molar-refractivity contribution < 1.29 is 32.6 Å². The summed E-state index contributed by atoms with van der Waals surface area (Å²) in [4.78, 5) is 26.8. The van der Waals surface area contributed by atoms with Gasteiger partial charge in [-0.3, -0.25) is 14.5 Å². The Bertz CT molecular complexity index is 1090. The predicted molar refractivity (Wildman–Crippen MR) is 123 cm³/mol. The second-order valence-electron chi connectivity index (χ2n) is 9.52. The molecule has 1 saturated heterocycles. The average molecular weight is 507 g/mol. The number of aromatic nitrogens is 1. The first kappa shape index (κ1) is 25.9. The molecule has 3 N–H and O–H groups in total. The zero-order valence-electron chi connectivity index (χ0n) is 19.6. The number of likely N-dealkylation sites (tertiary alicyclic amines) is 1. The standard InChI is InChI=1S/C25H29F3N4O4/c26-25(27,28)19-3-1-2-17(14-19)23(34)29-15-22(33)30-20-8-11-31(16-20)21-4-9-24(35,10-5-21)18-6-12-32(36)13-7-18/h1-3,6-7,12-14,20-21,35H,4-5,8-11,15-16H2,(H,29,34)(H,30,33)/t20-,21?,24?/m1/s1. The van der Waals surface area contributed by atoms with Gasteiger partial charge < -0.3 is 20.9 Å². The Labute approximate surface area is 206 Å². The minimum Gasteiger partial charge on any atom is -0.619 e. The Morgan fingerprint density at radius 3 is 2.50 bits per heavy atom. The van der Waals surface area contributed by atoms with E-state index in [1.807, 2.05) is 0 Å². The van der Waals surface area contributed by atoms with Crippen LogP contribution >= 0.6 is 0 Å². The Morgan fingerprint density at radius 2 is 1.83 bits per heavy atom. The smallest absolute Gasteiger partial charge is 0.416 e. The third-order valence-corrected chi connectivity index (χ3v) is 7.08. The maximum atomic E-state index is 12.8. The molecule has 1 aliphatic carbocycles. The molecule has 8 nitrogen and oxygen atoms in total. The first-order chi connectivity index (χ1) is 17.0. The first-order valence-electron chi connectivity index (χ1n) is 11.9. The number of nitrogens with one attached hydrogen (secondary N) is 2. The van der Waals surface area contributed by atoms with E-state index in [9.17, 15) is 33.1 Å². The van der Waals surface area contributed by atoms with Gasteiger partial charge in [0.1, 0.15) is 0 Å². The highest BCUT2D eigenvalue weighted by atomic mass is 19.4. The van der Waals surface area contributed by atoms with E-state index in [-0.39, 0.29) is 24.2 Å². The van der Waals surface area contributed by atoms with Gasteiger partial charge in [-0.25, -0.2) is 0 Å². The Morgan fingerprint density at radius 1 is 1.14 bits per heavy atom. The summed E-state index contributed by atoms with van der Waals surface area (Å²) in [7, 11) is 0. The van der Waals surface area contributed by atoms with Crippen molar-refractivity contribution in [2.24, 2.45) is 0 Å². The van der Waals surface area contributed by atoms with Crippen LogP contribution in [-0.4, -0.2) is 53.5 Å². The summed E-state index contributed by atoms with van der Waals surface area (Å²) in [6, 6.07) is 7.54. The van der Waals surface area contributed by atoms with Gasteiger partial charge in [0.05, 0.1) is 17.7 Å². The molecule has 1 aromatic heterocycles. The SMILES string of the molecule is O=C(CNC(=O)c1cccc(C(F)(F)F)c1)N[C@@H]1CCN(C2CCC(O)(c3cc[n+]([O-])cc3)CC2)C1. The number of hydrogen-bond donors (Lipinski definition) is 3. The number of benzene rings is 1. The second-order valence-corrected chi connectivity index (χ2v) is 9.52. The Balaban J connectivity index is 1.21. The number of nitrogens with zero attached hydrogens (tertiary/aromatic N) is 2. The lowest BCUT2D eigenvalue weighted by Crippen LogP contribution is -2.45. The molecule has 2 aromatic rings. The third-order valence-electron chi connectivity index (χ3n) is 7.08. The van der Waals surface area contributed by atoms with E-state index in [1.165, 1.54) is 18.5 Å². The maximum absolute atomic E-state index is 12.8. The third kappa shape index (κ3) is 6.14. The number of pyridine rings is 1. The van der Waals surface area contributed by atoms with Crippen LogP contribution in [0.25, 0.3) is 0 Å². The zero-order valence-corrected chi connectivity index (χ0v) is 19.6. The van der Waals surface area contributed by atoms with Gasteiger partial charge in [-0.15, -0.1) is 0 Å². The second kappa shape index (κ2) is 10.4. The molecule has 2 fully saturated rings. The number of aliphatic hydroxyl groups is 1. The summed E-state index contributed by atoms with van der Waals surface area (Å²) in [6.07, 6.45) is 1.69. The van der Waals surface area contributed by atoms with Crippen LogP contribution in [0.15, 0.2) is 48.8 Å². The molecule has 2 amide bonds. The van der Waals surface area contributed by atoms with Gasteiger partial charge in [0, 0.05) is 42.9 Å². The highest BCUT2D eigenvalue weighted by molar-refractivity contribution is 5.96. The molecule has 11 heteroatoms. The minimum absolute atomic E-state index is 0.0922. The van der Waals surface area contributed by atoms with Gasteiger partial charge in [-0.05, 0) is 55.9 Å². The maximum Gasteiger partial charge on any atom is 0.416 e. The lowest BCUT2D eigenvalue weighted by atomic mass is 9.77. The van der Waals surface area contributed by atoms with Gasteiger partial charge >= 0.3 is 6.18 Å². The molecular formula is C25H29F3N4O4. The molecule has 2 aliphatic rings. The average Bonchev–Trinajstić information content (AvgIpc) is 3.31. The fraction of sp³-hybridized carbons (Fsp3) is 0.480. The summed E-state index contributed by atoms with van der Waals surface area (Å²) in [5, 5.41) is 27.6. The predicted octanol–water partition coefficient (Wildman–Crippen LogP) is 2.09. The summed E-state index contributed by atoms with van der Waals surface area (Å²) >= 11 is 0. The van der Waals surface area contributed by atoms with E-state index in [4.69, 9.17) is 0 Å². The Hall–Kier alpha value is -3.18. The van der Waals surface area contributed by atoms with Crippen molar-refractivity contribution in [3.05, 3.63) is 70.7 Å². The van der Waals surface area contributed by atoms with Crippen molar-refractivity contribution >= 4 is 11.8 Å². The van der Waals surface area contributed by atoms with Crippen LogP contribution in [0.4, 0.5) is 13.2 Å². The molecule has 0 bridgehead atoms. The molecule has 4 rings (SSSR count). The first-order valence-corrected chi connectivity index (χ1v) is 11.9. The molecule has 1 aromatic carbocycles. The van der Waals surface area contributed by atoms with Crippen molar-refractivity contribution in [3.63, 3.8) is 0 Å². The molecule has 194 valence electrons. The molecule has 0 spiro atoms. The lowest BCUT2D eigenvalue weighted by Gasteiger charge is -2.39. The van der Waals surface area contributed by atoms with Crippen molar-refractivity contribution in [3.8, 4) is 0 Å². The van der Waals surface area contributed by atoms with Crippen molar-refractivity contribution in [2.45, 2.75) is 56.0 Å². The number of halogens is 3. The van der Waals surface area contributed by atoms with Gasteiger partial charge in [-0.1, -0.05) is 6.07 Å². The molecule has 1 atom stereocenters. The normalized spacial score (nSPS) is 24.9. The molecule has 1 saturated carbocycles. The van der Waals surface area contributed by atoms with Crippen LogP contribution < -0.4 is 15.4 Å². The van der Waals surface area contributed by atoms with Crippen LogP contribution in [0.1, 0.15) is 53.6 Å². The van der Waals surface area contributed by atoms with E-state index < -0.39 is 29.2 Å². The van der Waals surface area contributed by atoms with E-state index in [2.05, 4.69) is 15.5 Å². The van der Waals surface area contributed by atoms with Crippen LogP contribution in [0.5, 0.6) is 0 Å². The van der Waals surface area contributed by atoms with E-state index in [0.717, 1.165) is 49.6 Å². The molecule has 36 heavy (non-hydrogen) atoms. The largest absolute Gasteiger partial charge is 0.619 e. The fourth-order valence-electron chi connectivity index (χ4n) is 5.07. The van der Waals surface area contributed by atoms with E-state index >= 15 is 0 Å². The number of amides is 2. The Kier molecular flexibility index (Phi) is 7.51. The highest BCUT2D eigenvalue weighted by Gasteiger charge is 2.39. The minimum atomic E-state index is -4.55. The fourth-order valence-corrected chi connectivity index (χ4v) is 5.07. The zero-order chi connectivity index (χ0) is 25.9. The molecule has 0 radical (unpaired) electrons. The van der Waals surface area contributed by atoms with Crippen LogP contribution in [0.3, 0.4) is 0 Å². The van der Waals surface area contributed by atoms with Crippen molar-refractivity contribution in [1.29, 1.82) is 0 Å². The number of alkyl halides is 3. The number of hydrogen-bond acceptors (Lipinski definition) is 5. The molecular weight excluding hydrogens is 477 g/mol. The number of carbonyl (C=O) groups excluding carboxylic acids is 2. The topological polar surface area (TPSA) is 109 Å². The van der Waals surface area contributed by atoms with Gasteiger partial charge in [0.2, 0.25) is 5.91 Å². The summed E-state index contributed by atoms with van der Waals surface area (Å²) < 4.78 is 39.2. The highest BCUT2D eigenvalue weighted by Crippen LogP contribution is 2.39. The van der Waals surface area contributed by atoms with Gasteiger partial charge in [0.15, 0.2) is 12.4 Å². The lowest BCUT2D eigenvalue weighted by molar-refractivity contribution is -0.605. The van der Waals surface area contributed by atoms with Crippen molar-refractivity contribution in [2.75, 3.05) is 19.6 Å². The number of carbonyl (C=O) groups is 2. The van der Waals surface area contributed by atoms with Gasteiger partial charge in [0.25, 0.3) is 5.91 Å². The number of rotatable bonds is 6. The summed E-state index contributed by atoms with van der Waals surface area (Å²) in [6.45, 7) is 1.12. The molecule has 2 heterocycles. The van der Waals surface area contributed by atoms with Crippen LogP contribution in [0, 0.1) is 5.21 Å². The van der Waals surface area contributed by atoms with Crippen LogP contribution in [-0.2, 0) is 16.6 Å². The van der Waals surface area contributed by atoms with E-state index in [1.54, 1.807) is 12.1 Å². The quantitative estimate of drug-likeness (QED) is 0.411. The summed E-state index contributed by atoms with van der Waals surface area (Å²) in [5.74, 6) is -1.15. The molecule has 1 aliphatic heterocycles. The summed E-state index contributed by atoms with van der Waals surface area (Å²) in [5.41, 5.74) is -1.29. The van der Waals surface area contributed by atoms with E-state index in [0.29, 0.717) is 24.1 Å². The van der Waals surface area contributed by atoms with Crippen molar-refractivity contribution in [1.82, 2.24) is 15.5 Å².